The lowest BCUT2D eigenvalue weighted by atomic mass is 10.2. The molecule has 0 radical (unpaired) electrons. The van der Waals surface area contributed by atoms with Crippen LogP contribution < -0.4 is 20.7 Å². The summed E-state index contributed by atoms with van der Waals surface area (Å²) in [4.78, 5) is 17.2. The highest BCUT2D eigenvalue weighted by molar-refractivity contribution is 14.0. The molecule has 0 aliphatic rings. The summed E-state index contributed by atoms with van der Waals surface area (Å²) in [5.74, 6) is 1.99. The minimum absolute atomic E-state index is 0. The third-order valence-corrected chi connectivity index (χ3v) is 5.20. The van der Waals surface area contributed by atoms with Crippen molar-refractivity contribution in [2.75, 3.05) is 32.0 Å². The molecule has 0 atom stereocenters. The zero-order valence-electron chi connectivity index (χ0n) is 18.5. The summed E-state index contributed by atoms with van der Waals surface area (Å²) >= 11 is 1.71. The Morgan fingerprint density at radius 2 is 1.81 bits per heavy atom. The van der Waals surface area contributed by atoms with Gasteiger partial charge in [0.25, 0.3) is 5.91 Å². The molecule has 0 aliphatic heterocycles. The van der Waals surface area contributed by atoms with Gasteiger partial charge in [-0.2, -0.15) is 0 Å². The van der Waals surface area contributed by atoms with Crippen LogP contribution in [0.3, 0.4) is 0 Å². The van der Waals surface area contributed by atoms with Crippen molar-refractivity contribution < 1.29 is 13.9 Å². The van der Waals surface area contributed by atoms with E-state index in [0.29, 0.717) is 18.8 Å². The Hall–Kier alpha value is -2.01. The Bertz CT molecular complexity index is 837. The number of nitrogens with one attached hydrogen (secondary N) is 3. The van der Waals surface area contributed by atoms with Crippen molar-refractivity contribution in [3.8, 4) is 5.75 Å². The SMILES string of the molecule is CCNC(=O)COc1cccc(CN=C(NCC)NCCCSc2ccc(F)cc2)c1.I. The molecule has 0 aliphatic carbocycles. The summed E-state index contributed by atoms with van der Waals surface area (Å²) in [5.41, 5.74) is 0.998. The number of aliphatic imine (C=N–C) groups is 1. The summed E-state index contributed by atoms with van der Waals surface area (Å²) in [6.07, 6.45) is 0.954. The molecule has 0 spiro atoms. The summed E-state index contributed by atoms with van der Waals surface area (Å²) in [6.45, 7) is 6.54. The molecule has 0 fully saturated rings. The van der Waals surface area contributed by atoms with Gasteiger partial charge in [-0.25, -0.2) is 9.38 Å². The minimum atomic E-state index is -0.211. The predicted octanol–water partition coefficient (Wildman–Crippen LogP) is 4.20. The maximum Gasteiger partial charge on any atom is 0.257 e. The van der Waals surface area contributed by atoms with Crippen molar-refractivity contribution in [3.63, 3.8) is 0 Å². The van der Waals surface area contributed by atoms with E-state index >= 15 is 0 Å². The fourth-order valence-corrected chi connectivity index (χ4v) is 3.50. The number of hydrogen-bond acceptors (Lipinski definition) is 4. The predicted molar refractivity (Wildman–Crippen MR) is 141 cm³/mol. The van der Waals surface area contributed by atoms with Crippen LogP contribution in [0.25, 0.3) is 0 Å². The number of halogens is 2. The van der Waals surface area contributed by atoms with Gasteiger partial charge in [-0.3, -0.25) is 4.79 Å². The normalized spacial score (nSPS) is 10.8. The van der Waals surface area contributed by atoms with Gasteiger partial charge in [0.2, 0.25) is 0 Å². The number of benzene rings is 2. The second-order valence-electron chi connectivity index (χ2n) is 6.67. The highest BCUT2D eigenvalue weighted by Gasteiger charge is 2.03. The van der Waals surface area contributed by atoms with Gasteiger partial charge in [-0.15, -0.1) is 35.7 Å². The largest absolute Gasteiger partial charge is 0.484 e. The van der Waals surface area contributed by atoms with E-state index in [1.54, 1.807) is 23.9 Å². The highest BCUT2D eigenvalue weighted by Crippen LogP contribution is 2.18. The van der Waals surface area contributed by atoms with Gasteiger partial charge in [-0.1, -0.05) is 12.1 Å². The lowest BCUT2D eigenvalue weighted by Gasteiger charge is -2.12. The molecule has 0 aromatic heterocycles. The molecular weight excluding hydrogens is 542 g/mol. The Balaban J connectivity index is 0.00000512. The standard InChI is InChI=1S/C23H31FN4O2S.HI/c1-3-25-22(29)17-30-20-8-5-7-18(15-20)16-28-23(26-4-2)27-13-6-14-31-21-11-9-19(24)10-12-21;/h5,7-12,15H,3-4,6,13-14,16-17H2,1-2H3,(H,25,29)(H2,26,27,28);1H. The van der Waals surface area contributed by atoms with E-state index in [1.165, 1.54) is 12.1 Å². The fraction of sp³-hybridized carbons (Fsp3) is 0.391. The van der Waals surface area contributed by atoms with Gasteiger partial charge in [0.05, 0.1) is 6.54 Å². The lowest BCUT2D eigenvalue weighted by Crippen LogP contribution is -2.37. The first-order valence-electron chi connectivity index (χ1n) is 10.5. The molecule has 0 unspecified atom stereocenters. The van der Waals surface area contributed by atoms with Crippen molar-refractivity contribution in [2.45, 2.75) is 31.7 Å². The summed E-state index contributed by atoms with van der Waals surface area (Å²) in [5, 5.41) is 9.28. The van der Waals surface area contributed by atoms with E-state index in [-0.39, 0.29) is 42.3 Å². The van der Waals surface area contributed by atoms with Crippen molar-refractivity contribution in [1.29, 1.82) is 0 Å². The number of ether oxygens (including phenoxy) is 1. The first-order valence-corrected chi connectivity index (χ1v) is 11.5. The number of likely N-dealkylation sites (N-methyl/N-ethyl adjacent to an activating group) is 1. The molecule has 0 bridgehead atoms. The molecule has 0 saturated heterocycles. The summed E-state index contributed by atoms with van der Waals surface area (Å²) in [6, 6.07) is 14.2. The zero-order chi connectivity index (χ0) is 22.3. The topological polar surface area (TPSA) is 74.8 Å². The molecule has 0 saturated carbocycles. The summed E-state index contributed by atoms with van der Waals surface area (Å²) in [7, 11) is 0. The molecule has 9 heteroatoms. The fourth-order valence-electron chi connectivity index (χ4n) is 2.64. The number of rotatable bonds is 12. The number of carbonyl (C=O) groups excluding carboxylic acids is 1. The van der Waals surface area contributed by atoms with Crippen molar-refractivity contribution in [3.05, 3.63) is 59.9 Å². The number of carbonyl (C=O) groups is 1. The number of amides is 1. The average molecular weight is 575 g/mol. The maximum absolute atomic E-state index is 12.9. The van der Waals surface area contributed by atoms with E-state index in [2.05, 4.69) is 20.9 Å². The van der Waals surface area contributed by atoms with E-state index < -0.39 is 0 Å². The van der Waals surface area contributed by atoms with E-state index in [9.17, 15) is 9.18 Å². The van der Waals surface area contributed by atoms with Crippen LogP contribution in [0.4, 0.5) is 4.39 Å². The van der Waals surface area contributed by atoms with E-state index in [1.807, 2.05) is 38.1 Å². The second kappa shape index (κ2) is 16.6. The van der Waals surface area contributed by atoms with Crippen molar-refractivity contribution >= 4 is 47.6 Å². The molecule has 32 heavy (non-hydrogen) atoms. The summed E-state index contributed by atoms with van der Waals surface area (Å²) < 4.78 is 18.5. The van der Waals surface area contributed by atoms with Crippen LogP contribution in [-0.2, 0) is 11.3 Å². The van der Waals surface area contributed by atoms with Gasteiger partial charge in [0.1, 0.15) is 11.6 Å². The smallest absolute Gasteiger partial charge is 0.257 e. The molecule has 3 N–H and O–H groups in total. The third-order valence-electron chi connectivity index (χ3n) is 4.10. The first kappa shape index (κ1) is 28.0. The Morgan fingerprint density at radius 1 is 1.06 bits per heavy atom. The monoisotopic (exact) mass is 574 g/mol. The van der Waals surface area contributed by atoms with E-state index in [0.717, 1.165) is 41.7 Å². The quantitative estimate of drug-likeness (QED) is 0.117. The lowest BCUT2D eigenvalue weighted by molar-refractivity contribution is -0.122. The van der Waals surface area contributed by atoms with Crippen LogP contribution in [-0.4, -0.2) is 43.9 Å². The van der Waals surface area contributed by atoms with Crippen LogP contribution in [0, 0.1) is 5.82 Å². The average Bonchev–Trinajstić information content (AvgIpc) is 2.77. The van der Waals surface area contributed by atoms with Gasteiger partial charge in [-0.05, 0) is 68.0 Å². The van der Waals surface area contributed by atoms with Gasteiger partial charge in [0, 0.05) is 24.5 Å². The molecule has 2 aromatic carbocycles. The van der Waals surface area contributed by atoms with Crippen LogP contribution in [0.5, 0.6) is 5.75 Å². The van der Waals surface area contributed by atoms with Crippen molar-refractivity contribution in [2.24, 2.45) is 4.99 Å². The van der Waals surface area contributed by atoms with Crippen LogP contribution in [0.2, 0.25) is 0 Å². The Labute approximate surface area is 211 Å². The van der Waals surface area contributed by atoms with Crippen LogP contribution in [0.15, 0.2) is 58.4 Å². The molecule has 1 amide bonds. The molecular formula is C23H32FIN4O2S. The molecule has 2 aromatic rings. The Kier molecular flexibility index (Phi) is 14.5. The molecule has 2 rings (SSSR count). The number of guanidine groups is 1. The van der Waals surface area contributed by atoms with Gasteiger partial charge < -0.3 is 20.7 Å². The Morgan fingerprint density at radius 3 is 2.53 bits per heavy atom. The van der Waals surface area contributed by atoms with Crippen LogP contribution >= 0.6 is 35.7 Å². The van der Waals surface area contributed by atoms with Gasteiger partial charge in [0.15, 0.2) is 12.6 Å². The van der Waals surface area contributed by atoms with Crippen molar-refractivity contribution in [1.82, 2.24) is 16.0 Å². The molecule has 0 heterocycles. The van der Waals surface area contributed by atoms with E-state index in [4.69, 9.17) is 4.74 Å². The first-order chi connectivity index (χ1) is 15.1. The third kappa shape index (κ3) is 11.6. The van der Waals surface area contributed by atoms with Crippen LogP contribution in [0.1, 0.15) is 25.8 Å². The number of hydrogen-bond donors (Lipinski definition) is 3. The number of thioether (sulfide) groups is 1. The second-order valence-corrected chi connectivity index (χ2v) is 7.84. The minimum Gasteiger partial charge on any atom is -0.484 e. The number of nitrogens with zero attached hydrogens (tertiary/aromatic N) is 1. The molecule has 176 valence electrons. The zero-order valence-corrected chi connectivity index (χ0v) is 21.7. The molecule has 6 nitrogen and oxygen atoms in total. The highest BCUT2D eigenvalue weighted by atomic mass is 127. The van der Waals surface area contributed by atoms with Gasteiger partial charge >= 0.3 is 0 Å². The maximum atomic E-state index is 12.9.